The summed E-state index contributed by atoms with van der Waals surface area (Å²) in [6, 6.07) is 0. The van der Waals surface area contributed by atoms with Crippen LogP contribution in [0.4, 0.5) is 0 Å². The molecular formula is C12H22O3S2. The highest BCUT2D eigenvalue weighted by atomic mass is 32.1. The van der Waals surface area contributed by atoms with E-state index in [1.807, 2.05) is 0 Å². The fourth-order valence-electron chi connectivity index (χ4n) is 1.33. The molecule has 0 bridgehead atoms. The van der Waals surface area contributed by atoms with Crippen LogP contribution < -0.4 is 0 Å². The molecule has 0 heterocycles. The van der Waals surface area contributed by atoms with Gasteiger partial charge in [0.25, 0.3) is 0 Å². The van der Waals surface area contributed by atoms with Gasteiger partial charge in [0.1, 0.15) is 13.2 Å². The molecule has 0 radical (unpaired) electrons. The number of hydrogen-bond donors (Lipinski definition) is 1. The summed E-state index contributed by atoms with van der Waals surface area (Å²) in [4.78, 5) is 10.5. The topological polar surface area (TPSA) is 35.5 Å². The molecule has 0 amide bonds. The van der Waals surface area contributed by atoms with Gasteiger partial charge in [-0.05, 0) is 18.6 Å². The van der Waals surface area contributed by atoms with Crippen LogP contribution in [0.1, 0.15) is 45.4 Å². The molecule has 0 spiro atoms. The van der Waals surface area contributed by atoms with Crippen LogP contribution in [0.25, 0.3) is 0 Å². The van der Waals surface area contributed by atoms with Crippen molar-refractivity contribution in [2.75, 3.05) is 19.8 Å². The van der Waals surface area contributed by atoms with E-state index in [0.717, 1.165) is 6.42 Å². The molecule has 0 unspecified atom stereocenters. The Morgan fingerprint density at radius 3 is 2.41 bits per heavy atom. The number of carbonyl (C=O) groups is 1. The molecule has 5 heteroatoms. The zero-order chi connectivity index (χ0) is 12.9. The maximum atomic E-state index is 10.5. The van der Waals surface area contributed by atoms with E-state index in [-0.39, 0.29) is 18.3 Å². The van der Waals surface area contributed by atoms with Crippen LogP contribution >= 0.6 is 24.8 Å². The molecule has 0 aromatic heterocycles. The Morgan fingerprint density at radius 1 is 1.12 bits per heavy atom. The third-order valence-corrected chi connectivity index (χ3v) is 2.57. The average Bonchev–Trinajstić information content (AvgIpc) is 2.27. The molecule has 0 saturated carbocycles. The quantitative estimate of drug-likeness (QED) is 0.358. The maximum absolute atomic E-state index is 10.5. The zero-order valence-corrected chi connectivity index (χ0v) is 12.2. The lowest BCUT2D eigenvalue weighted by Gasteiger charge is -2.07. The van der Waals surface area contributed by atoms with E-state index in [1.54, 1.807) is 0 Å². The number of thiocarbonyl (C=S) groups is 1. The molecule has 0 saturated heterocycles. The van der Waals surface area contributed by atoms with E-state index in [9.17, 15) is 4.79 Å². The van der Waals surface area contributed by atoms with Crippen molar-refractivity contribution in [1.82, 2.24) is 0 Å². The van der Waals surface area contributed by atoms with Crippen LogP contribution in [0, 0.1) is 0 Å². The molecule has 0 fully saturated rings. The highest BCUT2D eigenvalue weighted by Gasteiger charge is 2.00. The summed E-state index contributed by atoms with van der Waals surface area (Å²) < 4.78 is 10.3. The van der Waals surface area contributed by atoms with Gasteiger partial charge < -0.3 is 9.47 Å². The summed E-state index contributed by atoms with van der Waals surface area (Å²) in [6.07, 6.45) is 7.34. The number of carbonyl (C=O) groups excluding carboxylic acids is 1. The molecule has 0 aliphatic carbocycles. The highest BCUT2D eigenvalue weighted by Crippen LogP contribution is 2.05. The van der Waals surface area contributed by atoms with Crippen molar-refractivity contribution < 1.29 is 14.3 Å². The van der Waals surface area contributed by atoms with E-state index in [1.165, 1.54) is 32.1 Å². The Kier molecular flexibility index (Phi) is 12.2. The van der Waals surface area contributed by atoms with E-state index < -0.39 is 0 Å². The molecule has 0 aromatic rings. The van der Waals surface area contributed by atoms with Crippen LogP contribution in [0.5, 0.6) is 0 Å². The first-order chi connectivity index (χ1) is 8.16. The SMILES string of the molecule is CCCCCCCCOC(=S)COCC(=O)S. The Balaban J connectivity index is 3.19. The highest BCUT2D eigenvalue weighted by molar-refractivity contribution is 7.96. The summed E-state index contributed by atoms with van der Waals surface area (Å²) in [5, 5.41) is 0.108. The van der Waals surface area contributed by atoms with Crippen LogP contribution in [-0.2, 0) is 14.3 Å². The van der Waals surface area contributed by atoms with Gasteiger partial charge in [0.05, 0.1) is 6.61 Å². The second kappa shape index (κ2) is 12.3. The average molecular weight is 278 g/mol. The Hall–Kier alpha value is -0.130. The van der Waals surface area contributed by atoms with Crippen molar-refractivity contribution >= 4 is 35.0 Å². The standard InChI is InChI=1S/C12H22O3S2/c1-2-3-4-5-6-7-8-15-12(17)10-14-9-11(13)16/h2-10H2,1H3,(H,13,16). The summed E-state index contributed by atoms with van der Waals surface area (Å²) >= 11 is 8.52. The lowest BCUT2D eigenvalue weighted by molar-refractivity contribution is -0.114. The molecular weight excluding hydrogens is 256 g/mol. The van der Waals surface area contributed by atoms with Crippen molar-refractivity contribution in [3.8, 4) is 0 Å². The molecule has 0 atom stereocenters. The van der Waals surface area contributed by atoms with Gasteiger partial charge in [-0.1, -0.05) is 39.0 Å². The summed E-state index contributed by atoms with van der Waals surface area (Å²) in [7, 11) is 0. The minimum absolute atomic E-state index is 0.0242. The summed E-state index contributed by atoms with van der Waals surface area (Å²) in [6.45, 7) is 3.02. The van der Waals surface area contributed by atoms with Crippen molar-refractivity contribution in [3.05, 3.63) is 0 Å². The second-order valence-corrected chi connectivity index (χ2v) is 4.83. The number of rotatable bonds is 11. The van der Waals surface area contributed by atoms with Crippen LogP contribution in [0.2, 0.25) is 0 Å². The number of hydrogen-bond acceptors (Lipinski definition) is 4. The number of unbranched alkanes of at least 4 members (excludes halogenated alkanes) is 5. The van der Waals surface area contributed by atoms with E-state index in [0.29, 0.717) is 11.7 Å². The van der Waals surface area contributed by atoms with Gasteiger partial charge in [0.15, 0.2) is 5.05 Å². The van der Waals surface area contributed by atoms with Crippen LogP contribution in [0.3, 0.4) is 0 Å². The van der Waals surface area contributed by atoms with Crippen molar-refractivity contribution in [2.24, 2.45) is 0 Å². The first kappa shape index (κ1) is 16.9. The van der Waals surface area contributed by atoms with Crippen molar-refractivity contribution in [2.45, 2.75) is 45.4 Å². The van der Waals surface area contributed by atoms with Gasteiger partial charge in [-0.15, -0.1) is 12.6 Å². The Labute approximate surface area is 115 Å². The lowest BCUT2D eigenvalue weighted by Crippen LogP contribution is -2.13. The molecule has 0 rings (SSSR count). The smallest absolute Gasteiger partial charge is 0.211 e. The molecule has 3 nitrogen and oxygen atoms in total. The zero-order valence-electron chi connectivity index (χ0n) is 10.4. The summed E-state index contributed by atoms with van der Waals surface area (Å²) in [5.74, 6) is 0. The Morgan fingerprint density at radius 2 is 1.76 bits per heavy atom. The lowest BCUT2D eigenvalue weighted by atomic mass is 10.1. The second-order valence-electron chi connectivity index (χ2n) is 3.87. The van der Waals surface area contributed by atoms with Crippen LogP contribution in [-0.4, -0.2) is 30.0 Å². The predicted octanol–water partition coefficient (Wildman–Crippen LogP) is 3.16. The monoisotopic (exact) mass is 278 g/mol. The molecule has 0 N–H and O–H groups in total. The minimum Gasteiger partial charge on any atom is -0.485 e. The van der Waals surface area contributed by atoms with Crippen molar-refractivity contribution in [1.29, 1.82) is 0 Å². The van der Waals surface area contributed by atoms with Crippen LogP contribution in [0.15, 0.2) is 0 Å². The maximum Gasteiger partial charge on any atom is 0.211 e. The van der Waals surface area contributed by atoms with Gasteiger partial charge in [0.2, 0.25) is 5.12 Å². The first-order valence-electron chi connectivity index (χ1n) is 6.12. The minimum atomic E-state index is -0.302. The van der Waals surface area contributed by atoms with Gasteiger partial charge in [-0.3, -0.25) is 4.79 Å². The Bertz CT molecular complexity index is 220. The van der Waals surface area contributed by atoms with Gasteiger partial charge in [0, 0.05) is 0 Å². The molecule has 17 heavy (non-hydrogen) atoms. The fraction of sp³-hybridized carbons (Fsp3) is 0.833. The largest absolute Gasteiger partial charge is 0.485 e. The number of thiol groups is 1. The molecule has 0 aliphatic rings. The third kappa shape index (κ3) is 13.8. The first-order valence-corrected chi connectivity index (χ1v) is 6.97. The van der Waals surface area contributed by atoms with Gasteiger partial charge in [-0.2, -0.15) is 0 Å². The normalized spacial score (nSPS) is 10.2. The van der Waals surface area contributed by atoms with E-state index in [2.05, 4.69) is 19.6 Å². The van der Waals surface area contributed by atoms with E-state index in [4.69, 9.17) is 21.7 Å². The van der Waals surface area contributed by atoms with Gasteiger partial charge >= 0.3 is 0 Å². The van der Waals surface area contributed by atoms with E-state index >= 15 is 0 Å². The fourth-order valence-corrected chi connectivity index (χ4v) is 1.59. The summed E-state index contributed by atoms with van der Waals surface area (Å²) in [5.41, 5.74) is 0. The van der Waals surface area contributed by atoms with Gasteiger partial charge in [-0.25, -0.2) is 0 Å². The predicted molar refractivity (Wildman–Crippen MR) is 76.7 cm³/mol. The number of ether oxygens (including phenoxy) is 2. The van der Waals surface area contributed by atoms with Crippen molar-refractivity contribution in [3.63, 3.8) is 0 Å². The molecule has 100 valence electrons. The third-order valence-electron chi connectivity index (χ3n) is 2.21. The molecule has 0 aromatic carbocycles. The molecule has 0 aliphatic heterocycles.